The molecule has 3 aromatic rings. The zero-order valence-electron chi connectivity index (χ0n) is 15.1. The van der Waals surface area contributed by atoms with Crippen molar-refractivity contribution in [2.75, 3.05) is 17.7 Å². The first-order valence-electron chi connectivity index (χ1n) is 8.16. The summed E-state index contributed by atoms with van der Waals surface area (Å²) < 4.78 is 27.4. The van der Waals surface area contributed by atoms with Crippen molar-refractivity contribution in [3.63, 3.8) is 0 Å². The van der Waals surface area contributed by atoms with Crippen LogP contribution in [0, 0.1) is 0 Å². The van der Waals surface area contributed by atoms with Crippen LogP contribution in [-0.2, 0) is 17.1 Å². The van der Waals surface area contributed by atoms with Gasteiger partial charge in [0.05, 0.1) is 4.88 Å². The van der Waals surface area contributed by atoms with Gasteiger partial charge in [0.25, 0.3) is 11.8 Å². The van der Waals surface area contributed by atoms with Crippen LogP contribution in [-0.4, -0.2) is 31.8 Å². The number of hydrogen-bond acceptors (Lipinski definition) is 5. The van der Waals surface area contributed by atoms with E-state index in [1.165, 1.54) is 35.2 Å². The van der Waals surface area contributed by atoms with E-state index in [1.807, 2.05) is 5.38 Å². The maximum absolute atomic E-state index is 12.6. The Balaban J connectivity index is 1.75. The van der Waals surface area contributed by atoms with E-state index in [4.69, 9.17) is 0 Å². The summed E-state index contributed by atoms with van der Waals surface area (Å²) in [6.45, 7) is 0. The number of sulfonamides is 1. The molecule has 2 heterocycles. The molecule has 146 valence electrons. The molecule has 0 saturated carbocycles. The van der Waals surface area contributed by atoms with Gasteiger partial charge in [-0.05, 0) is 42.8 Å². The zero-order chi connectivity index (χ0) is 20.3. The summed E-state index contributed by atoms with van der Waals surface area (Å²) in [5.41, 5.74) is 1.18. The second-order valence-corrected chi connectivity index (χ2v) is 8.68. The van der Waals surface area contributed by atoms with Crippen LogP contribution in [0.15, 0.2) is 58.9 Å². The molecule has 0 aliphatic carbocycles. The topological polar surface area (TPSA) is 109 Å². The highest BCUT2D eigenvalue weighted by molar-refractivity contribution is 7.89. The van der Waals surface area contributed by atoms with Gasteiger partial charge in [-0.25, -0.2) is 13.1 Å². The summed E-state index contributed by atoms with van der Waals surface area (Å²) in [7, 11) is -0.757. The van der Waals surface area contributed by atoms with Gasteiger partial charge in [-0.1, -0.05) is 12.1 Å². The summed E-state index contributed by atoms with van der Waals surface area (Å²) >= 11 is 1.33. The molecule has 2 aromatic heterocycles. The zero-order valence-corrected chi connectivity index (χ0v) is 16.7. The van der Waals surface area contributed by atoms with Crippen LogP contribution >= 0.6 is 11.3 Å². The molecule has 0 aliphatic rings. The fourth-order valence-electron chi connectivity index (χ4n) is 2.50. The number of aryl methyl sites for hydroxylation is 1. The summed E-state index contributed by atoms with van der Waals surface area (Å²) in [5, 5.41) is 7.29. The van der Waals surface area contributed by atoms with Crippen molar-refractivity contribution in [2.24, 2.45) is 7.05 Å². The predicted molar refractivity (Wildman–Crippen MR) is 108 cm³/mol. The summed E-state index contributed by atoms with van der Waals surface area (Å²) in [4.78, 5) is 25.3. The molecule has 0 fully saturated rings. The number of rotatable bonds is 6. The van der Waals surface area contributed by atoms with Crippen LogP contribution in [0.2, 0.25) is 0 Å². The fourth-order valence-corrected chi connectivity index (χ4v) is 3.91. The maximum Gasteiger partial charge on any atom is 0.272 e. The van der Waals surface area contributed by atoms with Crippen molar-refractivity contribution in [2.45, 2.75) is 4.90 Å². The summed E-state index contributed by atoms with van der Waals surface area (Å²) in [6, 6.07) is 11.5. The van der Waals surface area contributed by atoms with Crippen molar-refractivity contribution in [1.82, 2.24) is 9.29 Å². The van der Waals surface area contributed by atoms with E-state index in [2.05, 4.69) is 15.4 Å². The lowest BCUT2D eigenvalue weighted by Gasteiger charge is -2.09. The minimum atomic E-state index is -3.65. The Kier molecular flexibility index (Phi) is 5.63. The van der Waals surface area contributed by atoms with E-state index in [-0.39, 0.29) is 16.5 Å². The number of hydrogen-bond donors (Lipinski definition) is 3. The van der Waals surface area contributed by atoms with Crippen LogP contribution in [0.4, 0.5) is 11.4 Å². The van der Waals surface area contributed by atoms with Crippen LogP contribution < -0.4 is 15.4 Å². The molecule has 3 rings (SSSR count). The number of aromatic nitrogens is 1. The Bertz CT molecular complexity index is 1120. The van der Waals surface area contributed by atoms with Crippen molar-refractivity contribution in [1.29, 1.82) is 0 Å². The van der Waals surface area contributed by atoms with Gasteiger partial charge in [0.2, 0.25) is 10.0 Å². The molecule has 0 bridgehead atoms. The number of nitrogens with one attached hydrogen (secondary N) is 3. The summed E-state index contributed by atoms with van der Waals surface area (Å²) in [6.07, 6.45) is 1.36. The number of carbonyl (C=O) groups excluding carboxylic acids is 2. The third kappa shape index (κ3) is 4.30. The van der Waals surface area contributed by atoms with Crippen molar-refractivity contribution < 1.29 is 18.0 Å². The highest BCUT2D eigenvalue weighted by Gasteiger charge is 2.19. The Hall–Kier alpha value is -2.95. The van der Waals surface area contributed by atoms with Gasteiger partial charge in [0.15, 0.2) is 0 Å². The van der Waals surface area contributed by atoms with E-state index in [9.17, 15) is 18.0 Å². The van der Waals surface area contributed by atoms with Crippen LogP contribution in [0.3, 0.4) is 0 Å². The average molecular weight is 419 g/mol. The predicted octanol–water partition coefficient (Wildman–Crippen LogP) is 2.50. The number of nitrogens with zero attached hydrogens (tertiary/aromatic N) is 1. The van der Waals surface area contributed by atoms with Gasteiger partial charge < -0.3 is 15.2 Å². The number of carbonyl (C=O) groups is 2. The second-order valence-electron chi connectivity index (χ2n) is 5.85. The summed E-state index contributed by atoms with van der Waals surface area (Å²) in [5.74, 6) is -0.704. The normalized spacial score (nSPS) is 11.2. The molecule has 0 radical (unpaired) electrons. The molecule has 28 heavy (non-hydrogen) atoms. The monoisotopic (exact) mass is 418 g/mol. The van der Waals surface area contributed by atoms with Gasteiger partial charge in [0, 0.05) is 24.6 Å². The average Bonchev–Trinajstić information content (AvgIpc) is 3.32. The first kappa shape index (κ1) is 19.8. The minimum absolute atomic E-state index is 0.000359. The lowest BCUT2D eigenvalue weighted by atomic mass is 10.2. The van der Waals surface area contributed by atoms with Gasteiger partial charge in [-0.15, -0.1) is 11.3 Å². The molecule has 1 aromatic carbocycles. The molecule has 8 nitrogen and oxygen atoms in total. The van der Waals surface area contributed by atoms with E-state index in [0.717, 1.165) is 0 Å². The molecular formula is C18H18N4O4S2. The first-order chi connectivity index (χ1) is 13.3. The fraction of sp³-hybridized carbons (Fsp3) is 0.111. The second kappa shape index (κ2) is 7.97. The van der Waals surface area contributed by atoms with Gasteiger partial charge in [0.1, 0.15) is 10.6 Å². The first-order valence-corrected chi connectivity index (χ1v) is 10.5. The lowest BCUT2D eigenvalue weighted by molar-refractivity contribution is 0.101. The third-order valence-corrected chi connectivity index (χ3v) is 6.16. The minimum Gasteiger partial charge on any atom is -0.345 e. The molecule has 10 heteroatoms. The highest BCUT2D eigenvalue weighted by atomic mass is 32.2. The molecular weight excluding hydrogens is 400 g/mol. The molecule has 0 unspecified atom stereocenters. The third-order valence-electron chi connectivity index (χ3n) is 3.91. The number of amides is 2. The van der Waals surface area contributed by atoms with E-state index >= 15 is 0 Å². The number of anilines is 2. The van der Waals surface area contributed by atoms with Crippen molar-refractivity contribution in [3.05, 3.63) is 64.6 Å². The number of benzene rings is 1. The van der Waals surface area contributed by atoms with Gasteiger partial charge in [-0.2, -0.15) is 0 Å². The highest BCUT2D eigenvalue weighted by Crippen LogP contribution is 2.19. The lowest BCUT2D eigenvalue weighted by Crippen LogP contribution is -2.18. The van der Waals surface area contributed by atoms with Crippen LogP contribution in [0.25, 0.3) is 0 Å². The molecule has 0 spiro atoms. The van der Waals surface area contributed by atoms with Gasteiger partial charge in [-0.3, -0.25) is 9.59 Å². The maximum atomic E-state index is 12.6. The quantitative estimate of drug-likeness (QED) is 0.571. The van der Waals surface area contributed by atoms with E-state index in [1.54, 1.807) is 43.4 Å². The standard InChI is InChI=1S/C18H18N4O4S2/c1-19-28(25,26)14-10-15(22(2)11-14)17(23)20-12-5-3-6-13(9-12)21-18(24)16-7-4-8-27-16/h3-11,19H,1-2H3,(H,20,23)(H,21,24). The Labute approximate surface area is 166 Å². The Morgan fingerprint density at radius 2 is 1.68 bits per heavy atom. The van der Waals surface area contributed by atoms with E-state index < -0.39 is 15.9 Å². The van der Waals surface area contributed by atoms with Gasteiger partial charge >= 0.3 is 0 Å². The van der Waals surface area contributed by atoms with Crippen molar-refractivity contribution >= 4 is 44.5 Å². The number of thiophene rings is 1. The Morgan fingerprint density at radius 3 is 2.29 bits per heavy atom. The molecule has 0 aliphatic heterocycles. The molecule has 3 N–H and O–H groups in total. The SMILES string of the molecule is CNS(=O)(=O)c1cc(C(=O)Nc2cccc(NC(=O)c3cccs3)c2)n(C)c1. The van der Waals surface area contributed by atoms with Crippen LogP contribution in [0.1, 0.15) is 20.2 Å². The molecule has 0 atom stereocenters. The van der Waals surface area contributed by atoms with Crippen molar-refractivity contribution in [3.8, 4) is 0 Å². The van der Waals surface area contributed by atoms with Crippen LogP contribution in [0.5, 0.6) is 0 Å². The molecule has 2 amide bonds. The molecule has 0 saturated heterocycles. The Morgan fingerprint density at radius 1 is 1.00 bits per heavy atom. The largest absolute Gasteiger partial charge is 0.345 e. The smallest absolute Gasteiger partial charge is 0.272 e. The van der Waals surface area contributed by atoms with E-state index in [0.29, 0.717) is 16.3 Å².